The molecule has 0 spiro atoms. The Morgan fingerprint density at radius 2 is 1.81 bits per heavy atom. The van der Waals surface area contributed by atoms with Crippen molar-refractivity contribution in [1.82, 2.24) is 4.98 Å². The number of aldehydes is 1. The Labute approximate surface area is 190 Å². The van der Waals surface area contributed by atoms with Crippen molar-refractivity contribution in [2.45, 2.75) is 71.7 Å². The molecule has 4 nitrogen and oxygen atoms in total. The summed E-state index contributed by atoms with van der Waals surface area (Å²) in [4.78, 5) is 17.8. The van der Waals surface area contributed by atoms with E-state index in [0.717, 1.165) is 45.9 Å². The average Bonchev–Trinajstić information content (AvgIpc) is 3.31. The van der Waals surface area contributed by atoms with Crippen molar-refractivity contribution in [2.24, 2.45) is 0 Å². The van der Waals surface area contributed by atoms with Gasteiger partial charge >= 0.3 is 0 Å². The summed E-state index contributed by atoms with van der Waals surface area (Å²) in [7, 11) is -1.98. The second kappa shape index (κ2) is 9.23. The number of oxazole rings is 1. The normalized spacial score (nSPS) is 13.4. The number of thiophene rings is 1. The van der Waals surface area contributed by atoms with Gasteiger partial charge in [-0.3, -0.25) is 4.79 Å². The summed E-state index contributed by atoms with van der Waals surface area (Å²) in [6.07, 6.45) is 2.41. The van der Waals surface area contributed by atoms with Crippen LogP contribution in [0.3, 0.4) is 0 Å². The fourth-order valence-corrected chi connectivity index (χ4v) is 5.43. The van der Waals surface area contributed by atoms with E-state index in [-0.39, 0.29) is 11.1 Å². The maximum absolute atomic E-state index is 11.2. The third kappa shape index (κ3) is 5.62. The van der Waals surface area contributed by atoms with E-state index in [1.165, 1.54) is 16.9 Å². The van der Waals surface area contributed by atoms with E-state index < -0.39 is 8.32 Å². The molecule has 2 heterocycles. The van der Waals surface area contributed by atoms with Crippen LogP contribution in [0.1, 0.15) is 64.9 Å². The lowest BCUT2D eigenvalue weighted by Crippen LogP contribution is -2.41. The van der Waals surface area contributed by atoms with E-state index in [1.54, 1.807) is 0 Å². The van der Waals surface area contributed by atoms with Crippen LogP contribution in [0.25, 0.3) is 11.5 Å². The molecule has 166 valence electrons. The summed E-state index contributed by atoms with van der Waals surface area (Å²) in [6, 6.07) is 12.1. The van der Waals surface area contributed by atoms with Crippen molar-refractivity contribution in [3.8, 4) is 11.5 Å². The first-order valence-electron chi connectivity index (χ1n) is 10.8. The van der Waals surface area contributed by atoms with Gasteiger partial charge in [0.2, 0.25) is 5.89 Å². The fourth-order valence-electron chi connectivity index (χ4n) is 3.14. The van der Waals surface area contributed by atoms with Gasteiger partial charge in [0.05, 0.1) is 16.7 Å². The summed E-state index contributed by atoms with van der Waals surface area (Å²) in [5.41, 5.74) is 3.16. The van der Waals surface area contributed by atoms with E-state index in [2.05, 4.69) is 52.9 Å². The molecule has 1 atom stereocenters. The molecule has 6 heteroatoms. The largest absolute Gasteiger partial charge is 0.441 e. The number of hydrogen-bond acceptors (Lipinski definition) is 5. The van der Waals surface area contributed by atoms with Crippen LogP contribution >= 0.6 is 11.3 Å². The Balaban J connectivity index is 1.81. The molecule has 2 aromatic heterocycles. The van der Waals surface area contributed by atoms with Crippen molar-refractivity contribution in [3.63, 3.8) is 0 Å². The number of rotatable bonds is 8. The number of carbonyl (C=O) groups is 1. The molecule has 0 aliphatic rings. The second-order valence-electron chi connectivity index (χ2n) is 9.65. The molecule has 0 bridgehead atoms. The van der Waals surface area contributed by atoms with Gasteiger partial charge in [-0.15, -0.1) is 11.3 Å². The van der Waals surface area contributed by atoms with Gasteiger partial charge in [0.1, 0.15) is 5.76 Å². The molecular formula is C25H33NO3SSi. The van der Waals surface area contributed by atoms with Crippen LogP contribution in [0, 0.1) is 13.8 Å². The predicted molar refractivity (Wildman–Crippen MR) is 130 cm³/mol. The molecule has 0 saturated carbocycles. The highest BCUT2D eigenvalue weighted by Gasteiger charge is 2.39. The molecule has 1 aromatic carbocycles. The van der Waals surface area contributed by atoms with Gasteiger partial charge in [-0.2, -0.15) is 0 Å². The Kier molecular flexibility index (Phi) is 7.03. The zero-order valence-corrected chi connectivity index (χ0v) is 21.4. The van der Waals surface area contributed by atoms with E-state index >= 15 is 0 Å². The van der Waals surface area contributed by atoms with E-state index in [1.807, 2.05) is 31.2 Å². The summed E-state index contributed by atoms with van der Waals surface area (Å²) in [5, 5.41) is 0.110. The third-order valence-corrected chi connectivity index (χ3v) is 11.7. The molecule has 0 radical (unpaired) electrons. The lowest BCUT2D eigenvalue weighted by Gasteiger charge is -2.39. The van der Waals surface area contributed by atoms with Crippen LogP contribution in [-0.2, 0) is 10.8 Å². The molecule has 3 aromatic rings. The van der Waals surface area contributed by atoms with E-state index in [9.17, 15) is 4.79 Å². The SMILES string of the molecule is Cc1ccc(-c2nc(CCC(O[Si](C)(C)C(C)(C)C)c3ccc(C=O)s3)c(C)o2)cc1. The topological polar surface area (TPSA) is 52.3 Å². The molecule has 3 rings (SSSR count). The van der Waals surface area contributed by atoms with Crippen molar-refractivity contribution in [1.29, 1.82) is 0 Å². The van der Waals surface area contributed by atoms with Crippen LogP contribution in [0.5, 0.6) is 0 Å². The molecule has 31 heavy (non-hydrogen) atoms. The van der Waals surface area contributed by atoms with Crippen molar-refractivity contribution >= 4 is 25.9 Å². The Hall–Kier alpha value is -2.02. The highest BCUT2D eigenvalue weighted by atomic mass is 32.1. The number of nitrogens with zero attached hydrogens (tertiary/aromatic N) is 1. The number of benzene rings is 1. The Morgan fingerprint density at radius 3 is 2.39 bits per heavy atom. The maximum Gasteiger partial charge on any atom is 0.226 e. The molecular weight excluding hydrogens is 422 g/mol. The summed E-state index contributed by atoms with van der Waals surface area (Å²) in [6.45, 7) is 15.3. The molecule has 0 aliphatic carbocycles. The van der Waals surface area contributed by atoms with Gasteiger partial charge in [0.25, 0.3) is 0 Å². The first-order valence-corrected chi connectivity index (χ1v) is 14.5. The van der Waals surface area contributed by atoms with Crippen LogP contribution in [0.2, 0.25) is 18.1 Å². The van der Waals surface area contributed by atoms with Gasteiger partial charge in [0.15, 0.2) is 14.6 Å². The van der Waals surface area contributed by atoms with Gasteiger partial charge < -0.3 is 8.84 Å². The number of hydrogen-bond donors (Lipinski definition) is 0. The van der Waals surface area contributed by atoms with Gasteiger partial charge in [-0.25, -0.2) is 4.98 Å². The molecule has 0 N–H and O–H groups in total. The zero-order valence-electron chi connectivity index (χ0n) is 19.6. The summed E-state index contributed by atoms with van der Waals surface area (Å²) in [5.74, 6) is 1.51. The van der Waals surface area contributed by atoms with Crippen molar-refractivity contribution in [2.75, 3.05) is 0 Å². The molecule has 0 saturated heterocycles. The smallest absolute Gasteiger partial charge is 0.226 e. The number of aromatic nitrogens is 1. The number of carbonyl (C=O) groups excluding carboxylic acids is 1. The van der Waals surface area contributed by atoms with E-state index in [4.69, 9.17) is 13.8 Å². The predicted octanol–water partition coefficient (Wildman–Crippen LogP) is 7.53. The first kappa shape index (κ1) is 23.6. The molecule has 0 fully saturated rings. The van der Waals surface area contributed by atoms with Crippen LogP contribution < -0.4 is 0 Å². The fraction of sp³-hybridized carbons (Fsp3) is 0.440. The molecule has 0 aliphatic heterocycles. The molecule has 0 amide bonds. The minimum Gasteiger partial charge on any atom is -0.441 e. The monoisotopic (exact) mass is 455 g/mol. The quantitative estimate of drug-likeness (QED) is 0.260. The van der Waals surface area contributed by atoms with Crippen molar-refractivity contribution in [3.05, 3.63) is 63.2 Å². The average molecular weight is 456 g/mol. The second-order valence-corrected chi connectivity index (χ2v) is 15.6. The Morgan fingerprint density at radius 1 is 1.13 bits per heavy atom. The molecule has 1 unspecified atom stereocenters. The van der Waals surface area contributed by atoms with Crippen LogP contribution in [0.15, 0.2) is 40.8 Å². The highest BCUT2D eigenvalue weighted by molar-refractivity contribution is 7.13. The zero-order chi connectivity index (χ0) is 22.8. The Bertz CT molecular complexity index is 1030. The lowest BCUT2D eigenvalue weighted by atomic mass is 10.1. The van der Waals surface area contributed by atoms with Crippen LogP contribution in [-0.4, -0.2) is 19.6 Å². The maximum atomic E-state index is 11.2. The van der Waals surface area contributed by atoms with E-state index in [0.29, 0.717) is 5.89 Å². The van der Waals surface area contributed by atoms with Gasteiger partial charge in [0, 0.05) is 10.4 Å². The first-order chi connectivity index (χ1) is 14.5. The van der Waals surface area contributed by atoms with Crippen LogP contribution in [0.4, 0.5) is 0 Å². The minimum absolute atomic E-state index is 0.0569. The van der Waals surface area contributed by atoms with Crippen molar-refractivity contribution < 1.29 is 13.6 Å². The van der Waals surface area contributed by atoms with Gasteiger partial charge in [-0.05, 0) is 69.1 Å². The summed E-state index contributed by atoms with van der Waals surface area (Å²) < 4.78 is 12.8. The summed E-state index contributed by atoms with van der Waals surface area (Å²) >= 11 is 1.52. The third-order valence-electron chi connectivity index (χ3n) is 6.16. The highest BCUT2D eigenvalue weighted by Crippen LogP contribution is 2.42. The number of aryl methyl sites for hydroxylation is 3. The minimum atomic E-state index is -1.98. The van der Waals surface area contributed by atoms with Gasteiger partial charge in [-0.1, -0.05) is 38.5 Å². The lowest BCUT2D eigenvalue weighted by molar-refractivity contribution is 0.112. The standard InChI is InChI=1S/C25H33NO3SSi/c1-17-8-10-19(11-9-17)24-26-21(18(2)28-24)13-14-22(23-15-12-20(16-27)30-23)29-31(6,7)25(3,4)5/h8-12,15-16,22H,13-14H2,1-7H3.